The molecule has 4 heteroatoms. The van der Waals surface area contributed by atoms with Gasteiger partial charge >= 0.3 is 0 Å². The average Bonchev–Trinajstić information content (AvgIpc) is 2.47. The van der Waals surface area contributed by atoms with Gasteiger partial charge in [-0.1, -0.05) is 0 Å². The van der Waals surface area contributed by atoms with Crippen LogP contribution in [0.15, 0.2) is 0 Å². The minimum Gasteiger partial charge on any atom is -0.341 e. The maximum Gasteiger partial charge on any atom is 0.223 e. The number of rotatable bonds is 4. The molecule has 0 saturated carbocycles. The van der Waals surface area contributed by atoms with E-state index in [1.54, 1.807) is 0 Å². The molecule has 14 heavy (non-hydrogen) atoms. The van der Waals surface area contributed by atoms with Gasteiger partial charge in [0.2, 0.25) is 5.91 Å². The summed E-state index contributed by atoms with van der Waals surface area (Å²) in [6.45, 7) is 4.41. The topological polar surface area (TPSA) is 49.6 Å². The molecule has 1 rings (SSSR count). The van der Waals surface area contributed by atoms with Gasteiger partial charge in [-0.2, -0.15) is 0 Å². The summed E-state index contributed by atoms with van der Waals surface area (Å²) in [6.07, 6.45) is 0.636. The highest BCUT2D eigenvalue weighted by Crippen LogP contribution is 2.17. The van der Waals surface area contributed by atoms with Crippen LogP contribution in [-0.2, 0) is 4.79 Å². The number of nitrogens with zero attached hydrogens (tertiary/aromatic N) is 2. The Morgan fingerprint density at radius 1 is 1.64 bits per heavy atom. The lowest BCUT2D eigenvalue weighted by Gasteiger charge is -2.25. The number of hydrogen-bond donors (Lipinski definition) is 1. The number of carbonyl (C=O) groups excluding carboxylic acids is 1. The van der Waals surface area contributed by atoms with Crippen LogP contribution in [-0.4, -0.2) is 55.5 Å². The molecule has 1 heterocycles. The highest BCUT2D eigenvalue weighted by molar-refractivity contribution is 5.78. The van der Waals surface area contributed by atoms with E-state index in [0.717, 1.165) is 13.1 Å². The van der Waals surface area contributed by atoms with Gasteiger partial charge in [0, 0.05) is 25.6 Å². The lowest BCUT2D eigenvalue weighted by molar-refractivity contribution is -0.128. The van der Waals surface area contributed by atoms with Crippen molar-refractivity contribution in [1.29, 1.82) is 0 Å². The van der Waals surface area contributed by atoms with Crippen molar-refractivity contribution in [2.45, 2.75) is 19.4 Å². The van der Waals surface area contributed by atoms with Gasteiger partial charge in [0.1, 0.15) is 0 Å². The zero-order valence-electron chi connectivity index (χ0n) is 9.36. The van der Waals surface area contributed by atoms with Crippen molar-refractivity contribution in [1.82, 2.24) is 9.80 Å². The van der Waals surface area contributed by atoms with Crippen LogP contribution < -0.4 is 5.73 Å². The van der Waals surface area contributed by atoms with Gasteiger partial charge in [0.15, 0.2) is 0 Å². The normalized spacial score (nSPS) is 24.8. The predicted molar refractivity (Wildman–Crippen MR) is 56.9 cm³/mol. The van der Waals surface area contributed by atoms with Gasteiger partial charge in [0.05, 0.1) is 0 Å². The second-order valence-corrected chi connectivity index (χ2v) is 4.42. The van der Waals surface area contributed by atoms with Crippen molar-refractivity contribution in [3.8, 4) is 0 Å². The smallest absolute Gasteiger partial charge is 0.223 e. The summed E-state index contributed by atoms with van der Waals surface area (Å²) in [7, 11) is 4.07. The number of likely N-dealkylation sites (N-methyl/N-ethyl adjacent to an activating group) is 1. The summed E-state index contributed by atoms with van der Waals surface area (Å²) in [6, 6.07) is 0.412. The van der Waals surface area contributed by atoms with Crippen LogP contribution in [0.3, 0.4) is 0 Å². The molecule has 0 aliphatic carbocycles. The fourth-order valence-corrected chi connectivity index (χ4v) is 1.67. The van der Waals surface area contributed by atoms with E-state index in [1.165, 1.54) is 0 Å². The zero-order chi connectivity index (χ0) is 10.7. The largest absolute Gasteiger partial charge is 0.341 e. The summed E-state index contributed by atoms with van der Waals surface area (Å²) in [5.41, 5.74) is 5.56. The van der Waals surface area contributed by atoms with Crippen LogP contribution in [0.1, 0.15) is 13.3 Å². The fourth-order valence-electron chi connectivity index (χ4n) is 1.67. The molecule has 1 aliphatic heterocycles. The number of likely N-dealkylation sites (tertiary alicyclic amines) is 1. The molecule has 2 N–H and O–H groups in total. The van der Waals surface area contributed by atoms with Crippen LogP contribution in [0.5, 0.6) is 0 Å². The van der Waals surface area contributed by atoms with Crippen molar-refractivity contribution in [2.24, 2.45) is 11.7 Å². The maximum atomic E-state index is 11.6. The number of amides is 1. The van der Waals surface area contributed by atoms with E-state index in [4.69, 9.17) is 5.73 Å². The van der Waals surface area contributed by atoms with Gasteiger partial charge in [-0.25, -0.2) is 0 Å². The zero-order valence-corrected chi connectivity index (χ0v) is 9.36. The van der Waals surface area contributed by atoms with Crippen molar-refractivity contribution in [3.63, 3.8) is 0 Å². The Morgan fingerprint density at radius 3 is 2.71 bits per heavy atom. The van der Waals surface area contributed by atoms with E-state index >= 15 is 0 Å². The standard InChI is InChI=1S/C10H21N3O/c1-8(12(2)3)6-13-7-9(5-11)4-10(13)14/h8-9H,4-7,11H2,1-3H3. The molecule has 1 aliphatic rings. The molecule has 1 fully saturated rings. The Hall–Kier alpha value is -0.610. The minimum atomic E-state index is 0.258. The first-order chi connectivity index (χ1) is 6.54. The summed E-state index contributed by atoms with van der Waals surface area (Å²) in [5, 5.41) is 0. The van der Waals surface area contributed by atoms with E-state index < -0.39 is 0 Å². The molecule has 1 amide bonds. The van der Waals surface area contributed by atoms with Gasteiger partial charge < -0.3 is 15.5 Å². The first-order valence-corrected chi connectivity index (χ1v) is 5.18. The third-order valence-corrected chi connectivity index (χ3v) is 2.99. The van der Waals surface area contributed by atoms with E-state index in [-0.39, 0.29) is 5.91 Å². The summed E-state index contributed by atoms with van der Waals surface area (Å²) >= 11 is 0. The Bertz CT molecular complexity index is 206. The van der Waals surface area contributed by atoms with E-state index in [2.05, 4.69) is 11.8 Å². The molecule has 82 valence electrons. The average molecular weight is 199 g/mol. The molecule has 2 atom stereocenters. The van der Waals surface area contributed by atoms with Crippen molar-refractivity contribution < 1.29 is 4.79 Å². The molecule has 0 aromatic rings. The molecule has 2 unspecified atom stereocenters. The molecule has 4 nitrogen and oxygen atoms in total. The molecule has 0 spiro atoms. The van der Waals surface area contributed by atoms with Crippen LogP contribution in [0, 0.1) is 5.92 Å². The maximum absolute atomic E-state index is 11.6. The van der Waals surface area contributed by atoms with Crippen molar-refractivity contribution in [2.75, 3.05) is 33.7 Å². The third kappa shape index (κ3) is 2.69. The monoisotopic (exact) mass is 199 g/mol. The molecule has 1 saturated heterocycles. The first-order valence-electron chi connectivity index (χ1n) is 5.18. The van der Waals surface area contributed by atoms with Crippen molar-refractivity contribution >= 4 is 5.91 Å². The minimum absolute atomic E-state index is 0.258. The van der Waals surface area contributed by atoms with Crippen LogP contribution in [0.4, 0.5) is 0 Å². The third-order valence-electron chi connectivity index (χ3n) is 2.99. The molecular formula is C10H21N3O. The van der Waals surface area contributed by atoms with Gasteiger partial charge in [-0.3, -0.25) is 4.79 Å². The summed E-state index contributed by atoms with van der Waals surface area (Å²) in [4.78, 5) is 15.6. The van der Waals surface area contributed by atoms with E-state index in [9.17, 15) is 4.79 Å². The first kappa shape index (κ1) is 11.5. The van der Waals surface area contributed by atoms with Crippen LogP contribution in [0.2, 0.25) is 0 Å². The van der Waals surface area contributed by atoms with Crippen LogP contribution >= 0.6 is 0 Å². The highest BCUT2D eigenvalue weighted by Gasteiger charge is 2.29. The van der Waals surface area contributed by atoms with E-state index in [1.807, 2.05) is 19.0 Å². The Morgan fingerprint density at radius 2 is 2.29 bits per heavy atom. The van der Waals surface area contributed by atoms with Gasteiger partial charge in [-0.15, -0.1) is 0 Å². The number of carbonyl (C=O) groups is 1. The number of nitrogens with two attached hydrogens (primary N) is 1. The second kappa shape index (κ2) is 4.75. The highest BCUT2D eigenvalue weighted by atomic mass is 16.2. The lowest BCUT2D eigenvalue weighted by Crippen LogP contribution is -2.39. The molecule has 0 bridgehead atoms. The summed E-state index contributed by atoms with van der Waals surface area (Å²) in [5.74, 6) is 0.631. The number of hydrogen-bond acceptors (Lipinski definition) is 3. The van der Waals surface area contributed by atoms with Gasteiger partial charge in [0.25, 0.3) is 0 Å². The molecule has 0 aromatic heterocycles. The Kier molecular flexibility index (Phi) is 3.89. The fraction of sp³-hybridized carbons (Fsp3) is 0.900. The Labute approximate surface area is 86.0 Å². The Balaban J connectivity index is 2.42. The molecule has 0 radical (unpaired) electrons. The quantitative estimate of drug-likeness (QED) is 0.679. The van der Waals surface area contributed by atoms with Crippen LogP contribution in [0.25, 0.3) is 0 Å². The van der Waals surface area contributed by atoms with E-state index in [0.29, 0.717) is 24.9 Å². The lowest BCUT2D eigenvalue weighted by atomic mass is 10.1. The molecule has 0 aromatic carbocycles. The second-order valence-electron chi connectivity index (χ2n) is 4.42. The summed E-state index contributed by atoms with van der Waals surface area (Å²) < 4.78 is 0. The SMILES string of the molecule is CC(CN1CC(CN)CC1=O)N(C)C. The van der Waals surface area contributed by atoms with Crippen molar-refractivity contribution in [3.05, 3.63) is 0 Å². The molecular weight excluding hydrogens is 178 g/mol. The van der Waals surface area contributed by atoms with Gasteiger partial charge in [-0.05, 0) is 33.5 Å². The predicted octanol–water partition coefficient (Wildman–Crippen LogP) is -0.256.